The second-order valence-corrected chi connectivity index (χ2v) is 8.96. The van der Waals surface area contributed by atoms with Crippen LogP contribution >= 0.6 is 0 Å². The first-order valence-electron chi connectivity index (χ1n) is 11.0. The molecule has 1 aromatic carbocycles. The Kier molecular flexibility index (Phi) is 6.63. The van der Waals surface area contributed by atoms with Gasteiger partial charge in [-0.25, -0.2) is 14.4 Å². The quantitative estimate of drug-likeness (QED) is 0.588. The van der Waals surface area contributed by atoms with Gasteiger partial charge in [0, 0.05) is 25.9 Å². The number of ether oxygens (including phenoxy) is 3. The first-order chi connectivity index (χ1) is 16.2. The summed E-state index contributed by atoms with van der Waals surface area (Å²) in [4.78, 5) is 30.6. The molecule has 2 aromatic heterocycles. The van der Waals surface area contributed by atoms with Crippen LogP contribution in [0.15, 0.2) is 36.5 Å². The highest BCUT2D eigenvalue weighted by molar-refractivity contribution is 5.82. The number of imidazole rings is 1. The first-order valence-corrected chi connectivity index (χ1v) is 11.0. The van der Waals surface area contributed by atoms with Gasteiger partial charge in [0.1, 0.15) is 5.82 Å². The van der Waals surface area contributed by atoms with Crippen molar-refractivity contribution in [3.63, 3.8) is 0 Å². The van der Waals surface area contributed by atoms with Crippen LogP contribution in [0.5, 0.6) is 6.01 Å². The first kappa shape index (κ1) is 23.8. The van der Waals surface area contributed by atoms with Crippen LogP contribution in [-0.4, -0.2) is 64.2 Å². The molecule has 9 nitrogen and oxygen atoms in total. The predicted molar refractivity (Wildman–Crippen MR) is 122 cm³/mol. The molecule has 0 saturated carbocycles. The Labute approximate surface area is 197 Å². The Morgan fingerprint density at radius 2 is 1.85 bits per heavy atom. The maximum Gasteiger partial charge on any atom is 0.317 e. The van der Waals surface area contributed by atoms with Crippen molar-refractivity contribution in [3.05, 3.63) is 48.2 Å². The molecule has 34 heavy (non-hydrogen) atoms. The SMILES string of the molecule is CC(C)Oc1nccc(-c2[nH]c(C3OCC(C)(C(=O)N(C)C)CO3)nc2-c2ccc(F)cc2)n1. The number of rotatable bonds is 6. The Hall–Kier alpha value is -3.37. The smallest absolute Gasteiger partial charge is 0.317 e. The average Bonchev–Trinajstić information content (AvgIpc) is 3.24. The van der Waals surface area contributed by atoms with E-state index >= 15 is 0 Å². The number of carbonyl (C=O) groups excluding carboxylic acids is 1. The molecule has 1 aliphatic rings. The van der Waals surface area contributed by atoms with Gasteiger partial charge in [0.2, 0.25) is 12.2 Å². The number of benzene rings is 1. The van der Waals surface area contributed by atoms with Crippen molar-refractivity contribution in [1.29, 1.82) is 0 Å². The minimum atomic E-state index is -0.802. The molecule has 0 bridgehead atoms. The zero-order valence-electron chi connectivity index (χ0n) is 19.8. The van der Waals surface area contributed by atoms with E-state index in [0.717, 1.165) is 0 Å². The average molecular weight is 470 g/mol. The lowest BCUT2D eigenvalue weighted by molar-refractivity contribution is -0.233. The summed E-state index contributed by atoms with van der Waals surface area (Å²) in [7, 11) is 3.40. The van der Waals surface area contributed by atoms with Gasteiger partial charge in [-0.05, 0) is 51.1 Å². The molecule has 3 aromatic rings. The minimum absolute atomic E-state index is 0.0725. The second kappa shape index (κ2) is 9.47. The summed E-state index contributed by atoms with van der Waals surface area (Å²) in [6.45, 7) is 5.94. The Balaban J connectivity index is 1.68. The molecule has 10 heteroatoms. The number of carbonyl (C=O) groups is 1. The molecular weight excluding hydrogens is 441 g/mol. The van der Waals surface area contributed by atoms with Crippen LogP contribution in [0.25, 0.3) is 22.6 Å². The molecule has 1 amide bonds. The molecule has 0 atom stereocenters. The lowest BCUT2D eigenvalue weighted by Crippen LogP contribution is -2.48. The maximum absolute atomic E-state index is 13.6. The number of nitrogens with zero attached hydrogens (tertiary/aromatic N) is 4. The van der Waals surface area contributed by atoms with Gasteiger partial charge in [-0.1, -0.05) is 0 Å². The summed E-state index contributed by atoms with van der Waals surface area (Å²) in [5.74, 6) is -0.00474. The standard InChI is InChI=1S/C24H28FN5O4/c1-14(2)34-23-26-11-10-17(27-23)19-18(15-6-8-16(25)9-7-15)28-20(29-19)21-32-12-24(3,13-33-21)22(31)30(4)5/h6-11,14,21H,12-13H2,1-5H3,(H,28,29). The number of hydrogen-bond donors (Lipinski definition) is 1. The van der Waals surface area contributed by atoms with Gasteiger partial charge < -0.3 is 24.1 Å². The Morgan fingerprint density at radius 3 is 2.47 bits per heavy atom. The van der Waals surface area contributed by atoms with Crippen molar-refractivity contribution in [1.82, 2.24) is 24.8 Å². The van der Waals surface area contributed by atoms with Gasteiger partial charge in [-0.3, -0.25) is 4.79 Å². The lowest BCUT2D eigenvalue weighted by Gasteiger charge is -2.36. The van der Waals surface area contributed by atoms with E-state index in [9.17, 15) is 9.18 Å². The van der Waals surface area contributed by atoms with E-state index in [2.05, 4.69) is 15.0 Å². The predicted octanol–water partition coefficient (Wildman–Crippen LogP) is 3.60. The number of amides is 1. The van der Waals surface area contributed by atoms with Gasteiger partial charge in [-0.2, -0.15) is 4.98 Å². The van der Waals surface area contributed by atoms with Crippen LogP contribution < -0.4 is 4.74 Å². The number of aromatic nitrogens is 4. The molecule has 1 aliphatic heterocycles. The van der Waals surface area contributed by atoms with Gasteiger partial charge in [0.05, 0.1) is 41.8 Å². The largest absolute Gasteiger partial charge is 0.461 e. The van der Waals surface area contributed by atoms with Gasteiger partial charge in [0.25, 0.3) is 0 Å². The van der Waals surface area contributed by atoms with Crippen molar-refractivity contribution in [3.8, 4) is 28.7 Å². The van der Waals surface area contributed by atoms with Crippen LogP contribution in [0, 0.1) is 11.2 Å². The minimum Gasteiger partial charge on any atom is -0.461 e. The van der Waals surface area contributed by atoms with Crippen molar-refractivity contribution in [2.45, 2.75) is 33.2 Å². The van der Waals surface area contributed by atoms with Gasteiger partial charge in [-0.15, -0.1) is 0 Å². The molecule has 0 spiro atoms. The van der Waals surface area contributed by atoms with Crippen molar-refractivity contribution in [2.24, 2.45) is 5.41 Å². The fourth-order valence-corrected chi connectivity index (χ4v) is 3.68. The summed E-state index contributed by atoms with van der Waals surface area (Å²) in [6, 6.07) is 7.98. The van der Waals surface area contributed by atoms with Crippen LogP contribution in [0.1, 0.15) is 32.9 Å². The van der Waals surface area contributed by atoms with E-state index < -0.39 is 11.7 Å². The number of hydrogen-bond acceptors (Lipinski definition) is 7. The molecular formula is C24H28FN5O4. The molecule has 180 valence electrons. The van der Waals surface area contributed by atoms with E-state index in [1.807, 2.05) is 13.8 Å². The fourth-order valence-electron chi connectivity index (χ4n) is 3.68. The summed E-state index contributed by atoms with van der Waals surface area (Å²) >= 11 is 0. The highest BCUT2D eigenvalue weighted by Crippen LogP contribution is 2.36. The molecule has 1 N–H and O–H groups in total. The zero-order chi connectivity index (χ0) is 24.5. The fraction of sp³-hybridized carbons (Fsp3) is 0.417. The normalized spacial score (nSPS) is 20.4. The van der Waals surface area contributed by atoms with Gasteiger partial charge in [0.15, 0.2) is 5.82 Å². The Morgan fingerprint density at radius 1 is 1.18 bits per heavy atom. The van der Waals surface area contributed by atoms with Crippen molar-refractivity contribution in [2.75, 3.05) is 27.3 Å². The molecule has 1 fully saturated rings. The van der Waals surface area contributed by atoms with Crippen LogP contribution in [0.4, 0.5) is 4.39 Å². The summed E-state index contributed by atoms with van der Waals surface area (Å²) in [5.41, 5.74) is 1.58. The van der Waals surface area contributed by atoms with E-state index in [1.165, 1.54) is 17.0 Å². The monoisotopic (exact) mass is 469 g/mol. The number of halogens is 1. The number of nitrogens with one attached hydrogen (secondary N) is 1. The molecule has 0 unspecified atom stereocenters. The molecule has 1 saturated heterocycles. The number of H-pyrrole nitrogens is 1. The lowest BCUT2D eigenvalue weighted by atomic mass is 9.90. The van der Waals surface area contributed by atoms with Crippen molar-refractivity contribution < 1.29 is 23.4 Å². The van der Waals surface area contributed by atoms with Crippen molar-refractivity contribution >= 4 is 5.91 Å². The third-order valence-corrected chi connectivity index (χ3v) is 5.32. The maximum atomic E-state index is 13.6. The van der Waals surface area contributed by atoms with E-state index in [0.29, 0.717) is 28.5 Å². The summed E-state index contributed by atoms with van der Waals surface area (Å²) in [6.07, 6.45) is 0.706. The van der Waals surface area contributed by atoms with E-state index in [4.69, 9.17) is 19.2 Å². The third-order valence-electron chi connectivity index (χ3n) is 5.32. The van der Waals surface area contributed by atoms with E-state index in [-0.39, 0.29) is 37.1 Å². The molecule has 0 radical (unpaired) electrons. The third kappa shape index (κ3) is 4.92. The summed E-state index contributed by atoms with van der Waals surface area (Å²) in [5, 5.41) is 0. The van der Waals surface area contributed by atoms with Gasteiger partial charge >= 0.3 is 6.01 Å². The molecule has 3 heterocycles. The zero-order valence-corrected chi connectivity index (χ0v) is 19.8. The van der Waals surface area contributed by atoms with Crippen LogP contribution in [0.2, 0.25) is 0 Å². The van der Waals surface area contributed by atoms with Crippen LogP contribution in [-0.2, 0) is 14.3 Å². The highest BCUT2D eigenvalue weighted by Gasteiger charge is 2.41. The van der Waals surface area contributed by atoms with Crippen LogP contribution in [0.3, 0.4) is 0 Å². The molecule has 0 aliphatic carbocycles. The summed E-state index contributed by atoms with van der Waals surface area (Å²) < 4.78 is 31.0. The molecule has 4 rings (SSSR count). The topological polar surface area (TPSA) is 102 Å². The number of aromatic amines is 1. The van der Waals surface area contributed by atoms with E-state index in [1.54, 1.807) is 45.4 Å². The highest BCUT2D eigenvalue weighted by atomic mass is 19.1. The Bertz CT molecular complexity index is 1150. The second-order valence-electron chi connectivity index (χ2n) is 8.96.